The lowest BCUT2D eigenvalue weighted by Gasteiger charge is -2.25. The lowest BCUT2D eigenvalue weighted by molar-refractivity contribution is 0.0940. The first-order valence-electron chi connectivity index (χ1n) is 6.43. The number of amides is 1. The molecule has 0 radical (unpaired) electrons. The molecule has 19 heavy (non-hydrogen) atoms. The Labute approximate surface area is 125 Å². The average molecular weight is 349 g/mol. The topological polar surface area (TPSA) is 29.1 Å². The quantitative estimate of drug-likeness (QED) is 0.816. The van der Waals surface area contributed by atoms with Gasteiger partial charge < -0.3 is 5.32 Å². The van der Waals surface area contributed by atoms with E-state index in [0.717, 1.165) is 25.7 Å². The highest BCUT2D eigenvalue weighted by Gasteiger charge is 2.20. The van der Waals surface area contributed by atoms with E-state index in [4.69, 9.17) is 11.6 Å². The van der Waals surface area contributed by atoms with Crippen molar-refractivity contribution >= 4 is 33.4 Å². The van der Waals surface area contributed by atoms with E-state index in [0.29, 0.717) is 22.3 Å². The second-order valence-corrected chi connectivity index (χ2v) is 6.68. The number of benzene rings is 1. The summed E-state index contributed by atoms with van der Waals surface area (Å²) in [6.07, 6.45) is 4.45. The summed E-state index contributed by atoms with van der Waals surface area (Å²) < 4.78 is 13.5. The van der Waals surface area contributed by atoms with Gasteiger partial charge in [0.15, 0.2) is 0 Å². The van der Waals surface area contributed by atoms with Crippen molar-refractivity contribution in [1.29, 1.82) is 0 Å². The second kappa shape index (κ2) is 6.71. The van der Waals surface area contributed by atoms with Crippen LogP contribution in [0.2, 0.25) is 5.02 Å². The van der Waals surface area contributed by atoms with E-state index in [1.807, 2.05) is 0 Å². The number of carbonyl (C=O) groups excluding carboxylic acids is 1. The number of halogens is 3. The zero-order valence-electron chi connectivity index (χ0n) is 10.5. The maximum absolute atomic E-state index is 13.5. The molecule has 0 aromatic heterocycles. The third-order valence-electron chi connectivity index (χ3n) is 3.50. The van der Waals surface area contributed by atoms with Crippen molar-refractivity contribution in [3.05, 3.63) is 34.6 Å². The summed E-state index contributed by atoms with van der Waals surface area (Å²) in [5.74, 6) is -0.438. The number of hydrogen-bond donors (Lipinski definition) is 1. The molecule has 1 aliphatic rings. The summed E-state index contributed by atoms with van der Waals surface area (Å²) in [7, 11) is 0. The molecule has 1 fully saturated rings. The summed E-state index contributed by atoms with van der Waals surface area (Å²) >= 11 is 9.37. The molecule has 2 nitrogen and oxygen atoms in total. The van der Waals surface area contributed by atoms with Crippen LogP contribution in [0.3, 0.4) is 0 Å². The Morgan fingerprint density at radius 1 is 1.37 bits per heavy atom. The molecule has 0 unspecified atom stereocenters. The van der Waals surface area contributed by atoms with Gasteiger partial charge in [0.1, 0.15) is 5.82 Å². The van der Waals surface area contributed by atoms with E-state index in [9.17, 15) is 9.18 Å². The van der Waals surface area contributed by atoms with Crippen molar-refractivity contribution in [1.82, 2.24) is 5.32 Å². The van der Waals surface area contributed by atoms with Gasteiger partial charge in [0.25, 0.3) is 5.91 Å². The van der Waals surface area contributed by atoms with Crippen LogP contribution in [0.1, 0.15) is 36.0 Å². The number of alkyl halides is 1. The van der Waals surface area contributed by atoms with E-state index in [-0.39, 0.29) is 11.5 Å². The first-order chi connectivity index (χ1) is 9.06. The van der Waals surface area contributed by atoms with Crippen molar-refractivity contribution in [3.8, 4) is 0 Å². The Hall–Kier alpha value is -0.610. The highest BCUT2D eigenvalue weighted by atomic mass is 79.9. The molecule has 0 bridgehead atoms. The van der Waals surface area contributed by atoms with Gasteiger partial charge in [0.2, 0.25) is 0 Å². The standard InChI is InChI=1S/C14H16BrClFNO/c15-10-3-1-9(2-4-10)8-18-14(19)12-7-11(16)5-6-13(12)17/h5-7,9-10H,1-4,8H2,(H,18,19). The molecule has 5 heteroatoms. The third kappa shape index (κ3) is 4.18. The number of hydrogen-bond acceptors (Lipinski definition) is 1. The van der Waals surface area contributed by atoms with Gasteiger partial charge in [-0.3, -0.25) is 4.79 Å². The van der Waals surface area contributed by atoms with E-state index < -0.39 is 5.82 Å². The third-order valence-corrected chi connectivity index (χ3v) is 4.65. The zero-order valence-corrected chi connectivity index (χ0v) is 12.8. The molecule has 0 heterocycles. The maximum atomic E-state index is 13.5. The molecule has 0 saturated heterocycles. The second-order valence-electron chi connectivity index (χ2n) is 4.95. The molecule has 2 rings (SSSR count). The lowest BCUT2D eigenvalue weighted by atomic mass is 9.89. The van der Waals surface area contributed by atoms with Gasteiger partial charge in [0, 0.05) is 16.4 Å². The Bertz CT molecular complexity index is 461. The summed E-state index contributed by atoms with van der Waals surface area (Å²) in [5, 5.41) is 3.17. The minimum absolute atomic E-state index is 0.0154. The minimum atomic E-state index is -0.536. The minimum Gasteiger partial charge on any atom is -0.352 e. The fraction of sp³-hybridized carbons (Fsp3) is 0.500. The SMILES string of the molecule is O=C(NCC1CCC(Br)CC1)c1cc(Cl)ccc1F. The summed E-state index contributed by atoms with van der Waals surface area (Å²) in [6, 6.07) is 4.01. The zero-order chi connectivity index (χ0) is 13.8. The van der Waals surface area contributed by atoms with Gasteiger partial charge >= 0.3 is 0 Å². The van der Waals surface area contributed by atoms with Crippen LogP contribution in [-0.2, 0) is 0 Å². The van der Waals surface area contributed by atoms with E-state index in [1.165, 1.54) is 18.2 Å². The monoisotopic (exact) mass is 347 g/mol. The predicted molar refractivity (Wildman–Crippen MR) is 78.4 cm³/mol. The van der Waals surface area contributed by atoms with Gasteiger partial charge in [-0.25, -0.2) is 4.39 Å². The van der Waals surface area contributed by atoms with Crippen LogP contribution in [0.4, 0.5) is 4.39 Å². The fourth-order valence-corrected chi connectivity index (χ4v) is 3.03. The van der Waals surface area contributed by atoms with Crippen LogP contribution in [0, 0.1) is 11.7 Å². The Morgan fingerprint density at radius 2 is 2.05 bits per heavy atom. The van der Waals surface area contributed by atoms with E-state index in [1.54, 1.807) is 0 Å². The predicted octanol–water partition coefficient (Wildman–Crippen LogP) is 4.16. The van der Waals surface area contributed by atoms with Crippen molar-refractivity contribution in [2.45, 2.75) is 30.5 Å². The number of nitrogens with one attached hydrogen (secondary N) is 1. The first-order valence-corrected chi connectivity index (χ1v) is 7.73. The van der Waals surface area contributed by atoms with Crippen molar-refractivity contribution < 1.29 is 9.18 Å². The number of carbonyl (C=O) groups is 1. The molecular weight excluding hydrogens is 333 g/mol. The van der Waals surface area contributed by atoms with E-state index >= 15 is 0 Å². The van der Waals surface area contributed by atoms with Crippen LogP contribution in [0.5, 0.6) is 0 Å². The normalized spacial score (nSPS) is 23.1. The molecule has 0 atom stereocenters. The maximum Gasteiger partial charge on any atom is 0.254 e. The Morgan fingerprint density at radius 3 is 2.74 bits per heavy atom. The molecule has 0 spiro atoms. The molecule has 1 aromatic rings. The van der Waals surface area contributed by atoms with Crippen molar-refractivity contribution in [2.24, 2.45) is 5.92 Å². The van der Waals surface area contributed by atoms with Crippen molar-refractivity contribution in [2.75, 3.05) is 6.54 Å². The van der Waals surface area contributed by atoms with Crippen LogP contribution < -0.4 is 5.32 Å². The summed E-state index contributed by atoms with van der Waals surface area (Å²) in [4.78, 5) is 12.5. The van der Waals surface area contributed by atoms with E-state index in [2.05, 4.69) is 21.2 Å². The summed E-state index contributed by atoms with van der Waals surface area (Å²) in [5.41, 5.74) is 0.0154. The summed E-state index contributed by atoms with van der Waals surface area (Å²) in [6.45, 7) is 0.602. The Balaban J connectivity index is 1.89. The van der Waals surface area contributed by atoms with Crippen LogP contribution >= 0.6 is 27.5 Å². The molecule has 1 saturated carbocycles. The van der Waals surface area contributed by atoms with Gasteiger partial charge in [-0.1, -0.05) is 27.5 Å². The van der Waals surface area contributed by atoms with Gasteiger partial charge in [-0.05, 0) is 49.8 Å². The van der Waals surface area contributed by atoms with Gasteiger partial charge in [-0.2, -0.15) is 0 Å². The molecule has 1 aromatic carbocycles. The lowest BCUT2D eigenvalue weighted by Crippen LogP contribution is -2.31. The largest absolute Gasteiger partial charge is 0.352 e. The molecule has 0 aliphatic heterocycles. The molecular formula is C14H16BrClFNO. The van der Waals surface area contributed by atoms with Crippen LogP contribution in [0.25, 0.3) is 0 Å². The highest BCUT2D eigenvalue weighted by molar-refractivity contribution is 9.09. The molecule has 1 amide bonds. The highest BCUT2D eigenvalue weighted by Crippen LogP contribution is 2.28. The van der Waals surface area contributed by atoms with Crippen molar-refractivity contribution in [3.63, 3.8) is 0 Å². The van der Waals surface area contributed by atoms with Crippen LogP contribution in [0.15, 0.2) is 18.2 Å². The van der Waals surface area contributed by atoms with Gasteiger partial charge in [0.05, 0.1) is 5.56 Å². The number of rotatable bonds is 3. The molecule has 104 valence electrons. The Kier molecular flexibility index (Phi) is 5.22. The first kappa shape index (κ1) is 14.8. The molecule has 1 aliphatic carbocycles. The van der Waals surface area contributed by atoms with Crippen LogP contribution in [-0.4, -0.2) is 17.3 Å². The molecule has 1 N–H and O–H groups in total. The van der Waals surface area contributed by atoms with Gasteiger partial charge in [-0.15, -0.1) is 0 Å². The fourth-order valence-electron chi connectivity index (χ4n) is 2.33. The average Bonchev–Trinajstić information content (AvgIpc) is 2.40. The smallest absolute Gasteiger partial charge is 0.254 e.